The van der Waals surface area contributed by atoms with Crippen LogP contribution in [0.3, 0.4) is 0 Å². The number of ether oxygens (including phenoxy) is 1. The standard InChI is InChI=1S/C21H30N2O3.CH2O/c1-6-7-9-17-13(2)15(4)22-20(17)21-18(10-8-11-26-16(5)25)14(3)19(12-24)23-21;1-2/h12,22-23H,6-11H2,1-5H3;1H2. The third-order valence-corrected chi connectivity index (χ3v) is 5.07. The van der Waals surface area contributed by atoms with E-state index in [1.807, 2.05) is 13.7 Å². The third-order valence-electron chi connectivity index (χ3n) is 5.07. The number of aldehydes is 1. The van der Waals surface area contributed by atoms with Gasteiger partial charge in [-0.05, 0) is 68.7 Å². The molecule has 0 atom stereocenters. The van der Waals surface area contributed by atoms with Crippen LogP contribution in [0.1, 0.15) is 71.5 Å². The number of unbranched alkanes of at least 4 members (excludes halogenated alkanes) is 1. The molecule has 0 spiro atoms. The van der Waals surface area contributed by atoms with Crippen LogP contribution in [0.2, 0.25) is 0 Å². The fourth-order valence-electron chi connectivity index (χ4n) is 3.41. The third kappa shape index (κ3) is 5.44. The number of hydrogen-bond acceptors (Lipinski definition) is 4. The van der Waals surface area contributed by atoms with Crippen LogP contribution in [0.4, 0.5) is 0 Å². The number of rotatable bonds is 9. The van der Waals surface area contributed by atoms with Crippen LogP contribution in [-0.4, -0.2) is 35.6 Å². The molecule has 28 heavy (non-hydrogen) atoms. The minimum atomic E-state index is -0.262. The topological polar surface area (TPSA) is 92.0 Å². The Hall–Kier alpha value is -2.63. The van der Waals surface area contributed by atoms with E-state index in [1.165, 1.54) is 18.1 Å². The van der Waals surface area contributed by atoms with E-state index >= 15 is 0 Å². The first kappa shape index (κ1) is 23.4. The number of aromatic amines is 2. The molecule has 2 rings (SSSR count). The predicted molar refractivity (Wildman–Crippen MR) is 111 cm³/mol. The van der Waals surface area contributed by atoms with Gasteiger partial charge in [-0.3, -0.25) is 9.59 Å². The maximum Gasteiger partial charge on any atom is 0.302 e. The number of esters is 1. The van der Waals surface area contributed by atoms with Gasteiger partial charge in [-0.25, -0.2) is 0 Å². The number of H-pyrrole nitrogens is 2. The SMILES string of the molecule is C=O.CCCCc1c(-c2[nH]c(C=O)c(C)c2CCCOC(C)=O)[nH]c(C)c1C. The van der Waals surface area contributed by atoms with Crippen molar-refractivity contribution in [2.24, 2.45) is 0 Å². The second-order valence-electron chi connectivity index (χ2n) is 6.91. The van der Waals surface area contributed by atoms with Crippen molar-refractivity contribution in [3.63, 3.8) is 0 Å². The van der Waals surface area contributed by atoms with Crippen molar-refractivity contribution >= 4 is 19.0 Å². The van der Waals surface area contributed by atoms with Crippen molar-refractivity contribution in [3.8, 4) is 11.4 Å². The first-order chi connectivity index (χ1) is 13.4. The zero-order valence-electron chi connectivity index (χ0n) is 17.7. The normalized spacial score (nSPS) is 10.3. The molecule has 2 N–H and O–H groups in total. The van der Waals surface area contributed by atoms with Crippen molar-refractivity contribution < 1.29 is 19.1 Å². The highest BCUT2D eigenvalue weighted by molar-refractivity contribution is 5.80. The number of aryl methyl sites for hydroxylation is 1. The van der Waals surface area contributed by atoms with Gasteiger partial charge in [0.05, 0.1) is 23.7 Å². The van der Waals surface area contributed by atoms with Gasteiger partial charge >= 0.3 is 5.97 Å². The molecule has 0 aromatic carbocycles. The van der Waals surface area contributed by atoms with Crippen molar-refractivity contribution in [3.05, 3.63) is 33.6 Å². The van der Waals surface area contributed by atoms with Crippen LogP contribution < -0.4 is 0 Å². The molecular weight excluding hydrogens is 356 g/mol. The summed E-state index contributed by atoms with van der Waals surface area (Å²) in [5.41, 5.74) is 8.58. The van der Waals surface area contributed by atoms with E-state index in [4.69, 9.17) is 9.53 Å². The summed E-state index contributed by atoms with van der Waals surface area (Å²) >= 11 is 0. The predicted octanol–water partition coefficient (Wildman–Crippen LogP) is 4.40. The Balaban J connectivity index is 0.00000190. The van der Waals surface area contributed by atoms with E-state index < -0.39 is 0 Å². The second-order valence-corrected chi connectivity index (χ2v) is 6.91. The van der Waals surface area contributed by atoms with Gasteiger partial charge in [0.25, 0.3) is 0 Å². The van der Waals surface area contributed by atoms with Crippen molar-refractivity contribution in [1.29, 1.82) is 0 Å². The van der Waals surface area contributed by atoms with E-state index in [-0.39, 0.29) is 5.97 Å². The Bertz CT molecular complexity index is 802. The highest BCUT2D eigenvalue weighted by Crippen LogP contribution is 2.33. The molecule has 2 aromatic heterocycles. The zero-order valence-corrected chi connectivity index (χ0v) is 17.7. The Morgan fingerprint density at radius 2 is 1.57 bits per heavy atom. The first-order valence-corrected chi connectivity index (χ1v) is 9.67. The average molecular weight is 389 g/mol. The fraction of sp³-hybridized carbons (Fsp3) is 0.500. The van der Waals surface area contributed by atoms with Crippen LogP contribution in [0.5, 0.6) is 0 Å². The lowest BCUT2D eigenvalue weighted by molar-refractivity contribution is -0.141. The molecule has 0 saturated heterocycles. The fourth-order valence-corrected chi connectivity index (χ4v) is 3.41. The Morgan fingerprint density at radius 1 is 1.00 bits per heavy atom. The Labute approximate surface area is 167 Å². The van der Waals surface area contributed by atoms with E-state index in [2.05, 4.69) is 30.7 Å². The first-order valence-electron chi connectivity index (χ1n) is 9.67. The van der Waals surface area contributed by atoms with Gasteiger partial charge in [-0.15, -0.1) is 0 Å². The molecular formula is C22H32N2O4. The number of hydrogen-bond donors (Lipinski definition) is 2. The van der Waals surface area contributed by atoms with Gasteiger partial charge in [0.15, 0.2) is 6.29 Å². The summed E-state index contributed by atoms with van der Waals surface area (Å²) in [5.74, 6) is -0.262. The summed E-state index contributed by atoms with van der Waals surface area (Å²) in [5, 5.41) is 0. The molecule has 0 fully saturated rings. The van der Waals surface area contributed by atoms with E-state index in [0.29, 0.717) is 12.3 Å². The summed E-state index contributed by atoms with van der Waals surface area (Å²) < 4.78 is 5.06. The number of nitrogens with one attached hydrogen (secondary N) is 2. The lowest BCUT2D eigenvalue weighted by Gasteiger charge is -2.08. The van der Waals surface area contributed by atoms with Crippen LogP contribution in [-0.2, 0) is 27.2 Å². The quantitative estimate of drug-likeness (QED) is 0.378. The zero-order chi connectivity index (χ0) is 21.3. The van der Waals surface area contributed by atoms with Crippen LogP contribution >= 0.6 is 0 Å². The number of aromatic nitrogens is 2. The maximum atomic E-state index is 11.5. The Morgan fingerprint density at radius 3 is 2.14 bits per heavy atom. The van der Waals surface area contributed by atoms with Crippen molar-refractivity contribution in [2.75, 3.05) is 6.61 Å². The average Bonchev–Trinajstić information content (AvgIpc) is 3.15. The summed E-state index contributed by atoms with van der Waals surface area (Å²) in [6.07, 6.45) is 5.65. The van der Waals surface area contributed by atoms with E-state index in [0.717, 1.165) is 66.6 Å². The molecule has 0 saturated carbocycles. The molecule has 0 amide bonds. The lowest BCUT2D eigenvalue weighted by atomic mass is 9.98. The molecule has 0 aliphatic rings. The minimum Gasteiger partial charge on any atom is -0.466 e. The molecule has 154 valence electrons. The Kier molecular flexibility index (Phi) is 9.42. The minimum absolute atomic E-state index is 0.262. The molecule has 0 aliphatic carbocycles. The summed E-state index contributed by atoms with van der Waals surface area (Å²) in [6.45, 7) is 12.2. The van der Waals surface area contributed by atoms with E-state index in [9.17, 15) is 9.59 Å². The number of carbonyl (C=O) groups excluding carboxylic acids is 3. The van der Waals surface area contributed by atoms with Crippen molar-refractivity contribution in [2.45, 2.75) is 66.7 Å². The highest BCUT2D eigenvalue weighted by Gasteiger charge is 2.20. The monoisotopic (exact) mass is 388 g/mol. The van der Waals surface area contributed by atoms with Crippen LogP contribution in [0.15, 0.2) is 0 Å². The van der Waals surface area contributed by atoms with Gasteiger partial charge in [-0.1, -0.05) is 13.3 Å². The highest BCUT2D eigenvalue weighted by atomic mass is 16.5. The molecule has 0 unspecified atom stereocenters. The molecule has 0 bridgehead atoms. The smallest absolute Gasteiger partial charge is 0.302 e. The molecule has 2 heterocycles. The van der Waals surface area contributed by atoms with E-state index in [1.54, 1.807) is 0 Å². The summed E-state index contributed by atoms with van der Waals surface area (Å²) in [6, 6.07) is 0. The largest absolute Gasteiger partial charge is 0.466 e. The van der Waals surface area contributed by atoms with Crippen LogP contribution in [0, 0.1) is 20.8 Å². The van der Waals surface area contributed by atoms with Gasteiger partial charge < -0.3 is 19.5 Å². The van der Waals surface area contributed by atoms with Gasteiger partial charge in [0.1, 0.15) is 6.79 Å². The molecule has 2 aromatic rings. The van der Waals surface area contributed by atoms with Gasteiger partial charge in [-0.2, -0.15) is 0 Å². The van der Waals surface area contributed by atoms with Gasteiger partial charge in [0, 0.05) is 12.6 Å². The lowest BCUT2D eigenvalue weighted by Crippen LogP contribution is -2.02. The summed E-state index contributed by atoms with van der Waals surface area (Å²) in [7, 11) is 0. The molecule has 6 heteroatoms. The molecule has 0 aliphatic heterocycles. The maximum absolute atomic E-state index is 11.5. The summed E-state index contributed by atoms with van der Waals surface area (Å²) in [4.78, 5) is 37.3. The molecule has 0 radical (unpaired) electrons. The van der Waals surface area contributed by atoms with Crippen molar-refractivity contribution in [1.82, 2.24) is 9.97 Å². The second kappa shape index (κ2) is 11.3. The number of carbonyl (C=O) groups is 3. The molecule has 6 nitrogen and oxygen atoms in total. The van der Waals surface area contributed by atoms with Gasteiger partial charge in [0.2, 0.25) is 0 Å². The van der Waals surface area contributed by atoms with Crippen LogP contribution in [0.25, 0.3) is 11.4 Å².